The minimum Gasteiger partial charge on any atom is -0.480 e. The predicted molar refractivity (Wildman–Crippen MR) is 82.2 cm³/mol. The summed E-state index contributed by atoms with van der Waals surface area (Å²) in [4.78, 5) is 47.4. The highest BCUT2D eigenvalue weighted by molar-refractivity contribution is 6.00. The molecule has 0 aliphatic heterocycles. The molecule has 1 rings (SSSR count). The third kappa shape index (κ3) is 4.67. The van der Waals surface area contributed by atoms with Crippen molar-refractivity contribution in [1.29, 1.82) is 0 Å². The first-order chi connectivity index (χ1) is 10.6. The number of carboxylic acid groups (broad SMARTS) is 1. The molecule has 8 nitrogen and oxygen atoms in total. The average Bonchev–Trinajstić information content (AvgIpc) is 2.84. The zero-order valence-corrected chi connectivity index (χ0v) is 13.6. The molecule has 0 spiro atoms. The number of rotatable bonds is 7. The fraction of sp³-hybridized carbons (Fsp3) is 0.467. The first-order valence-corrected chi connectivity index (χ1v) is 7.10. The van der Waals surface area contributed by atoms with Crippen LogP contribution in [0, 0.1) is 0 Å². The molecule has 0 aliphatic carbocycles. The van der Waals surface area contributed by atoms with Crippen molar-refractivity contribution >= 4 is 23.6 Å². The van der Waals surface area contributed by atoms with Gasteiger partial charge in [0.15, 0.2) is 5.78 Å². The monoisotopic (exact) mass is 323 g/mol. The summed E-state index contributed by atoms with van der Waals surface area (Å²) in [6.07, 6.45) is 1.52. The second-order valence-corrected chi connectivity index (χ2v) is 5.28. The Morgan fingerprint density at radius 1 is 1.30 bits per heavy atom. The Labute approximate surface area is 134 Å². The number of carboxylic acids is 1. The van der Waals surface area contributed by atoms with Crippen molar-refractivity contribution in [2.45, 2.75) is 26.8 Å². The van der Waals surface area contributed by atoms with Crippen LogP contribution in [0.2, 0.25) is 0 Å². The molecule has 1 heterocycles. The molecule has 1 aromatic heterocycles. The number of aromatic nitrogens is 1. The van der Waals surface area contributed by atoms with E-state index < -0.39 is 17.9 Å². The van der Waals surface area contributed by atoms with Crippen molar-refractivity contribution < 1.29 is 24.3 Å². The SMILES string of the molecule is CC(=O)NCCN(C(=O)c1cc(C(C)=O)cn1C)C(C)C(=O)O. The molecular weight excluding hydrogens is 302 g/mol. The Kier molecular flexibility index (Phi) is 6.06. The maximum absolute atomic E-state index is 12.6. The standard InChI is InChI=1S/C15H21N3O5/c1-9(15(22)23)18(6-5-16-11(3)20)14(21)13-7-12(10(2)19)8-17(13)4/h7-9H,5-6H2,1-4H3,(H,16,20)(H,22,23). The molecule has 2 amide bonds. The summed E-state index contributed by atoms with van der Waals surface area (Å²) in [6, 6.07) is 0.372. The number of nitrogens with one attached hydrogen (secondary N) is 1. The number of amides is 2. The van der Waals surface area contributed by atoms with Crippen LogP contribution in [0.15, 0.2) is 12.3 Å². The molecule has 1 aromatic rings. The van der Waals surface area contributed by atoms with E-state index >= 15 is 0 Å². The van der Waals surface area contributed by atoms with Crippen LogP contribution in [0.1, 0.15) is 41.6 Å². The Balaban J connectivity index is 3.05. The van der Waals surface area contributed by atoms with Gasteiger partial charge in [0.25, 0.3) is 5.91 Å². The summed E-state index contributed by atoms with van der Waals surface area (Å²) >= 11 is 0. The lowest BCUT2D eigenvalue weighted by molar-refractivity contribution is -0.141. The predicted octanol–water partition coefficient (Wildman–Crippen LogP) is 0.279. The van der Waals surface area contributed by atoms with Crippen LogP contribution in [0.5, 0.6) is 0 Å². The summed E-state index contributed by atoms with van der Waals surface area (Å²) in [5.41, 5.74) is 0.590. The van der Waals surface area contributed by atoms with Crippen molar-refractivity contribution in [3.63, 3.8) is 0 Å². The van der Waals surface area contributed by atoms with E-state index in [0.717, 1.165) is 4.90 Å². The molecule has 1 atom stereocenters. The second kappa shape index (κ2) is 7.57. The Morgan fingerprint density at radius 3 is 2.35 bits per heavy atom. The van der Waals surface area contributed by atoms with Gasteiger partial charge in [-0.25, -0.2) is 4.79 Å². The van der Waals surface area contributed by atoms with E-state index in [9.17, 15) is 24.3 Å². The number of carbonyl (C=O) groups excluding carboxylic acids is 3. The van der Waals surface area contributed by atoms with Gasteiger partial charge in [-0.2, -0.15) is 0 Å². The second-order valence-electron chi connectivity index (χ2n) is 5.28. The summed E-state index contributed by atoms with van der Waals surface area (Å²) < 4.78 is 1.49. The van der Waals surface area contributed by atoms with Gasteiger partial charge in [-0.05, 0) is 19.9 Å². The molecule has 0 radical (unpaired) electrons. The molecule has 126 valence electrons. The van der Waals surface area contributed by atoms with Gasteiger partial charge in [-0.15, -0.1) is 0 Å². The quantitative estimate of drug-likeness (QED) is 0.701. The minimum absolute atomic E-state index is 0.0481. The number of Topliss-reactive ketones (excluding diaryl/α,β-unsaturated/α-hetero) is 1. The topological polar surface area (TPSA) is 109 Å². The molecule has 0 aliphatic rings. The van der Waals surface area contributed by atoms with Gasteiger partial charge < -0.3 is 19.9 Å². The fourth-order valence-electron chi connectivity index (χ4n) is 2.07. The van der Waals surface area contributed by atoms with E-state index in [2.05, 4.69) is 5.32 Å². The van der Waals surface area contributed by atoms with E-state index in [0.29, 0.717) is 5.56 Å². The van der Waals surface area contributed by atoms with E-state index in [1.54, 1.807) is 7.05 Å². The number of nitrogens with zero attached hydrogens (tertiary/aromatic N) is 2. The van der Waals surface area contributed by atoms with Crippen LogP contribution in [0.3, 0.4) is 0 Å². The molecule has 8 heteroatoms. The summed E-state index contributed by atoms with van der Waals surface area (Å²) in [5, 5.41) is 11.7. The molecule has 0 aromatic carbocycles. The Bertz CT molecular complexity index is 635. The van der Waals surface area contributed by atoms with Crippen LogP contribution in [-0.2, 0) is 16.6 Å². The number of aryl methyl sites for hydroxylation is 1. The number of aliphatic carboxylic acids is 1. The van der Waals surface area contributed by atoms with Crippen LogP contribution in [0.4, 0.5) is 0 Å². The first kappa shape index (κ1) is 18.4. The van der Waals surface area contributed by atoms with Crippen LogP contribution < -0.4 is 5.32 Å². The van der Waals surface area contributed by atoms with Crippen molar-refractivity contribution in [2.75, 3.05) is 13.1 Å². The van der Waals surface area contributed by atoms with Gasteiger partial charge in [0, 0.05) is 38.8 Å². The lowest BCUT2D eigenvalue weighted by atomic mass is 10.2. The van der Waals surface area contributed by atoms with Crippen molar-refractivity contribution in [1.82, 2.24) is 14.8 Å². The fourth-order valence-corrected chi connectivity index (χ4v) is 2.07. The zero-order valence-electron chi connectivity index (χ0n) is 13.6. The molecule has 0 saturated carbocycles. The molecule has 0 fully saturated rings. The van der Waals surface area contributed by atoms with Gasteiger partial charge in [0.1, 0.15) is 11.7 Å². The first-order valence-electron chi connectivity index (χ1n) is 7.10. The molecule has 2 N–H and O–H groups in total. The van der Waals surface area contributed by atoms with Crippen LogP contribution in [0.25, 0.3) is 0 Å². The Morgan fingerprint density at radius 2 is 1.91 bits per heavy atom. The smallest absolute Gasteiger partial charge is 0.326 e. The zero-order chi connectivity index (χ0) is 17.7. The van der Waals surface area contributed by atoms with Gasteiger partial charge in [0.05, 0.1) is 0 Å². The highest BCUT2D eigenvalue weighted by Crippen LogP contribution is 2.13. The van der Waals surface area contributed by atoms with Crippen molar-refractivity contribution in [2.24, 2.45) is 7.05 Å². The van der Waals surface area contributed by atoms with E-state index in [1.807, 2.05) is 0 Å². The molecule has 1 unspecified atom stereocenters. The number of hydrogen-bond donors (Lipinski definition) is 2. The summed E-state index contributed by atoms with van der Waals surface area (Å²) in [7, 11) is 1.61. The maximum atomic E-state index is 12.6. The summed E-state index contributed by atoms with van der Waals surface area (Å²) in [6.45, 7) is 4.30. The van der Waals surface area contributed by atoms with Gasteiger partial charge in [-0.1, -0.05) is 0 Å². The van der Waals surface area contributed by atoms with E-state index in [-0.39, 0.29) is 30.5 Å². The lowest BCUT2D eigenvalue weighted by Crippen LogP contribution is -2.47. The number of hydrogen-bond acceptors (Lipinski definition) is 4. The van der Waals surface area contributed by atoms with Gasteiger partial charge in [-0.3, -0.25) is 14.4 Å². The number of ketones is 1. The van der Waals surface area contributed by atoms with Crippen LogP contribution in [-0.4, -0.2) is 57.3 Å². The van der Waals surface area contributed by atoms with Crippen molar-refractivity contribution in [3.05, 3.63) is 23.5 Å². The van der Waals surface area contributed by atoms with E-state index in [1.165, 1.54) is 37.6 Å². The average molecular weight is 323 g/mol. The minimum atomic E-state index is -1.15. The Hall–Kier alpha value is -2.64. The molecule has 0 saturated heterocycles. The van der Waals surface area contributed by atoms with Gasteiger partial charge in [0.2, 0.25) is 5.91 Å². The molecule has 0 bridgehead atoms. The number of carbonyl (C=O) groups is 4. The van der Waals surface area contributed by atoms with Crippen molar-refractivity contribution in [3.8, 4) is 0 Å². The third-order valence-electron chi connectivity index (χ3n) is 3.44. The molecular formula is C15H21N3O5. The lowest BCUT2D eigenvalue weighted by Gasteiger charge is -2.26. The highest BCUT2D eigenvalue weighted by atomic mass is 16.4. The third-order valence-corrected chi connectivity index (χ3v) is 3.44. The van der Waals surface area contributed by atoms with E-state index in [4.69, 9.17) is 0 Å². The normalized spacial score (nSPS) is 11.7. The van der Waals surface area contributed by atoms with Gasteiger partial charge >= 0.3 is 5.97 Å². The largest absolute Gasteiger partial charge is 0.480 e. The molecule has 23 heavy (non-hydrogen) atoms. The maximum Gasteiger partial charge on any atom is 0.326 e. The summed E-state index contributed by atoms with van der Waals surface area (Å²) in [5.74, 6) is -2.11. The highest BCUT2D eigenvalue weighted by Gasteiger charge is 2.28. The van der Waals surface area contributed by atoms with Crippen LogP contribution >= 0.6 is 0 Å².